The standard InChI is InChI=1S/C10H17N3O3/c14-8-2-1-7(13-8)9(15)12-6-10(16)3-4-11-5-10/h7,11,16H,1-6H2,(H,12,15)(H,13,14). The van der Waals surface area contributed by atoms with Crippen LogP contribution in [0.25, 0.3) is 0 Å². The predicted octanol–water partition coefficient (Wildman–Crippen LogP) is -1.89. The van der Waals surface area contributed by atoms with Gasteiger partial charge in [0, 0.05) is 19.5 Å². The van der Waals surface area contributed by atoms with Gasteiger partial charge in [0.15, 0.2) is 0 Å². The molecule has 0 radical (unpaired) electrons. The molecule has 6 nitrogen and oxygen atoms in total. The summed E-state index contributed by atoms with van der Waals surface area (Å²) in [6.45, 7) is 1.52. The third-order valence-electron chi connectivity index (χ3n) is 3.12. The number of carbonyl (C=O) groups excluding carboxylic acids is 2. The van der Waals surface area contributed by atoms with Crippen molar-refractivity contribution in [3.8, 4) is 0 Å². The van der Waals surface area contributed by atoms with E-state index in [1.165, 1.54) is 0 Å². The van der Waals surface area contributed by atoms with E-state index in [4.69, 9.17) is 0 Å². The van der Waals surface area contributed by atoms with E-state index >= 15 is 0 Å². The number of β-amino-alcohol motifs (C(OH)–C–C–N with tert-alkyl or cyclic N) is 1. The molecule has 2 fully saturated rings. The van der Waals surface area contributed by atoms with Crippen molar-refractivity contribution in [2.24, 2.45) is 0 Å². The lowest BCUT2D eigenvalue weighted by molar-refractivity contribution is -0.126. The Morgan fingerprint density at radius 2 is 2.44 bits per heavy atom. The van der Waals surface area contributed by atoms with Crippen LogP contribution < -0.4 is 16.0 Å². The minimum absolute atomic E-state index is 0.0820. The molecule has 0 aromatic rings. The van der Waals surface area contributed by atoms with Crippen LogP contribution in [0.3, 0.4) is 0 Å². The minimum atomic E-state index is -0.835. The topological polar surface area (TPSA) is 90.5 Å². The highest BCUT2D eigenvalue weighted by atomic mass is 16.3. The average Bonchev–Trinajstić information content (AvgIpc) is 2.85. The smallest absolute Gasteiger partial charge is 0.242 e. The van der Waals surface area contributed by atoms with Crippen LogP contribution in [0, 0.1) is 0 Å². The van der Waals surface area contributed by atoms with Gasteiger partial charge >= 0.3 is 0 Å². The molecule has 0 saturated carbocycles. The number of nitrogens with one attached hydrogen (secondary N) is 3. The minimum Gasteiger partial charge on any atom is -0.387 e. The van der Waals surface area contributed by atoms with E-state index in [0.717, 1.165) is 6.54 Å². The highest BCUT2D eigenvalue weighted by molar-refractivity contribution is 5.90. The Morgan fingerprint density at radius 1 is 1.62 bits per heavy atom. The van der Waals surface area contributed by atoms with Crippen LogP contribution in [0.2, 0.25) is 0 Å². The van der Waals surface area contributed by atoms with E-state index in [2.05, 4.69) is 16.0 Å². The zero-order valence-electron chi connectivity index (χ0n) is 9.08. The Morgan fingerprint density at radius 3 is 3.00 bits per heavy atom. The monoisotopic (exact) mass is 227 g/mol. The van der Waals surface area contributed by atoms with Crippen molar-refractivity contribution in [2.45, 2.75) is 30.9 Å². The molecule has 2 rings (SSSR count). The summed E-state index contributed by atoms with van der Waals surface area (Å²) in [5.41, 5.74) is -0.835. The summed E-state index contributed by atoms with van der Waals surface area (Å²) in [5, 5.41) is 18.3. The maximum absolute atomic E-state index is 11.6. The number of carbonyl (C=O) groups is 2. The molecule has 0 aromatic carbocycles. The molecule has 2 aliphatic rings. The molecule has 16 heavy (non-hydrogen) atoms. The van der Waals surface area contributed by atoms with Crippen molar-refractivity contribution in [3.05, 3.63) is 0 Å². The Hall–Kier alpha value is -1.14. The maximum atomic E-state index is 11.6. The number of amides is 2. The van der Waals surface area contributed by atoms with Gasteiger partial charge in [0.25, 0.3) is 0 Å². The van der Waals surface area contributed by atoms with Gasteiger partial charge in [-0.3, -0.25) is 9.59 Å². The van der Waals surface area contributed by atoms with Gasteiger partial charge in [-0.1, -0.05) is 0 Å². The Kier molecular flexibility index (Phi) is 3.11. The molecule has 2 amide bonds. The largest absolute Gasteiger partial charge is 0.387 e. The molecule has 4 N–H and O–H groups in total. The first-order valence-corrected chi connectivity index (χ1v) is 5.59. The first kappa shape index (κ1) is 11.3. The number of rotatable bonds is 3. The molecule has 90 valence electrons. The van der Waals surface area contributed by atoms with E-state index in [1.807, 2.05) is 0 Å². The fourth-order valence-electron chi connectivity index (χ4n) is 2.07. The molecule has 2 aliphatic heterocycles. The second kappa shape index (κ2) is 4.39. The van der Waals surface area contributed by atoms with Gasteiger partial charge in [-0.2, -0.15) is 0 Å². The van der Waals surface area contributed by atoms with Crippen molar-refractivity contribution >= 4 is 11.8 Å². The molecular formula is C10H17N3O3. The lowest BCUT2D eigenvalue weighted by Crippen LogP contribution is -2.49. The third kappa shape index (κ3) is 2.51. The van der Waals surface area contributed by atoms with Crippen LogP contribution in [-0.2, 0) is 9.59 Å². The second-order valence-corrected chi connectivity index (χ2v) is 4.53. The summed E-state index contributed by atoms with van der Waals surface area (Å²) >= 11 is 0. The average molecular weight is 227 g/mol. The number of aliphatic hydroxyl groups is 1. The van der Waals surface area contributed by atoms with Gasteiger partial charge in [0.2, 0.25) is 11.8 Å². The van der Waals surface area contributed by atoms with Crippen molar-refractivity contribution < 1.29 is 14.7 Å². The fourth-order valence-corrected chi connectivity index (χ4v) is 2.07. The molecular weight excluding hydrogens is 210 g/mol. The summed E-state index contributed by atoms with van der Waals surface area (Å²) in [7, 11) is 0. The van der Waals surface area contributed by atoms with E-state index < -0.39 is 11.6 Å². The predicted molar refractivity (Wildman–Crippen MR) is 56.6 cm³/mol. The van der Waals surface area contributed by atoms with E-state index in [-0.39, 0.29) is 18.4 Å². The molecule has 2 saturated heterocycles. The van der Waals surface area contributed by atoms with Gasteiger partial charge in [0.05, 0.1) is 5.60 Å². The quantitative estimate of drug-likeness (QED) is 0.453. The van der Waals surface area contributed by atoms with Gasteiger partial charge < -0.3 is 21.1 Å². The first-order chi connectivity index (χ1) is 7.59. The normalized spacial score (nSPS) is 33.8. The van der Waals surface area contributed by atoms with Crippen molar-refractivity contribution in [2.75, 3.05) is 19.6 Å². The molecule has 2 atom stereocenters. The maximum Gasteiger partial charge on any atom is 0.242 e. The van der Waals surface area contributed by atoms with Crippen LogP contribution >= 0.6 is 0 Å². The Bertz CT molecular complexity index is 300. The third-order valence-corrected chi connectivity index (χ3v) is 3.12. The summed E-state index contributed by atoms with van der Waals surface area (Å²) in [4.78, 5) is 22.6. The van der Waals surface area contributed by atoms with E-state index in [0.29, 0.717) is 25.8 Å². The van der Waals surface area contributed by atoms with Crippen LogP contribution in [0.5, 0.6) is 0 Å². The fraction of sp³-hybridized carbons (Fsp3) is 0.800. The second-order valence-electron chi connectivity index (χ2n) is 4.53. The van der Waals surface area contributed by atoms with Gasteiger partial charge in [-0.05, 0) is 19.4 Å². The zero-order chi connectivity index (χ0) is 11.6. The molecule has 2 unspecified atom stereocenters. The molecule has 6 heteroatoms. The van der Waals surface area contributed by atoms with E-state index in [1.54, 1.807) is 0 Å². The molecule has 0 spiro atoms. The SMILES string of the molecule is O=C1CCC(C(=O)NCC2(O)CCNC2)N1. The van der Waals surface area contributed by atoms with Crippen molar-refractivity contribution in [1.29, 1.82) is 0 Å². The summed E-state index contributed by atoms with van der Waals surface area (Å²) in [6, 6.07) is -0.425. The molecule has 2 heterocycles. The van der Waals surface area contributed by atoms with Gasteiger partial charge in [0.1, 0.15) is 6.04 Å². The highest BCUT2D eigenvalue weighted by Crippen LogP contribution is 2.13. The Balaban J connectivity index is 1.77. The van der Waals surface area contributed by atoms with Gasteiger partial charge in [-0.15, -0.1) is 0 Å². The van der Waals surface area contributed by atoms with Crippen molar-refractivity contribution in [1.82, 2.24) is 16.0 Å². The van der Waals surface area contributed by atoms with E-state index in [9.17, 15) is 14.7 Å². The molecule has 0 bridgehead atoms. The van der Waals surface area contributed by atoms with Gasteiger partial charge in [-0.25, -0.2) is 0 Å². The van der Waals surface area contributed by atoms with Crippen LogP contribution in [-0.4, -0.2) is 48.2 Å². The first-order valence-electron chi connectivity index (χ1n) is 5.59. The summed E-state index contributed by atoms with van der Waals surface area (Å²) < 4.78 is 0. The van der Waals surface area contributed by atoms with Crippen LogP contribution in [0.4, 0.5) is 0 Å². The number of hydrogen-bond donors (Lipinski definition) is 4. The summed E-state index contributed by atoms with van der Waals surface area (Å²) in [5.74, 6) is -0.285. The lowest BCUT2D eigenvalue weighted by atomic mass is 10.0. The lowest BCUT2D eigenvalue weighted by Gasteiger charge is -2.22. The number of hydrogen-bond acceptors (Lipinski definition) is 4. The Labute approximate surface area is 93.8 Å². The molecule has 0 aromatic heterocycles. The molecule has 0 aliphatic carbocycles. The zero-order valence-corrected chi connectivity index (χ0v) is 9.08. The van der Waals surface area contributed by atoms with Crippen LogP contribution in [0.1, 0.15) is 19.3 Å². The summed E-state index contributed by atoms with van der Waals surface area (Å²) in [6.07, 6.45) is 1.59. The van der Waals surface area contributed by atoms with Crippen LogP contribution in [0.15, 0.2) is 0 Å². The highest BCUT2D eigenvalue weighted by Gasteiger charge is 2.33. The van der Waals surface area contributed by atoms with Crippen molar-refractivity contribution in [3.63, 3.8) is 0 Å².